The Bertz CT molecular complexity index is 736. The number of aryl methyl sites for hydroxylation is 1. The topological polar surface area (TPSA) is 66.5 Å². The quantitative estimate of drug-likeness (QED) is 0.656. The normalized spacial score (nSPS) is 11.1. The van der Waals surface area contributed by atoms with Crippen molar-refractivity contribution < 1.29 is 0 Å². The van der Waals surface area contributed by atoms with Gasteiger partial charge in [0.2, 0.25) is 0 Å². The number of unbranched alkanes of at least 4 members (excludes halogenated alkanes) is 1. The molecule has 0 amide bonds. The SMILES string of the molecule is CCCCc1nc(Cl)c(CNc2cccc3n[se]nc23)[nH]1. The van der Waals surface area contributed by atoms with E-state index in [0.717, 1.165) is 47.5 Å². The second kappa shape index (κ2) is 6.60. The molecule has 0 spiro atoms. The molecule has 5 nitrogen and oxygen atoms in total. The molecule has 2 aromatic heterocycles. The van der Waals surface area contributed by atoms with Gasteiger partial charge >= 0.3 is 134 Å². The van der Waals surface area contributed by atoms with Gasteiger partial charge < -0.3 is 0 Å². The predicted molar refractivity (Wildman–Crippen MR) is 86.0 cm³/mol. The number of aromatic amines is 1. The van der Waals surface area contributed by atoms with Gasteiger partial charge in [-0.2, -0.15) is 0 Å². The Morgan fingerprint density at radius 2 is 2.24 bits per heavy atom. The zero-order valence-electron chi connectivity index (χ0n) is 11.7. The van der Waals surface area contributed by atoms with Crippen LogP contribution in [-0.2, 0) is 13.0 Å². The van der Waals surface area contributed by atoms with Crippen molar-refractivity contribution in [3.8, 4) is 0 Å². The Kier molecular flexibility index (Phi) is 4.58. The van der Waals surface area contributed by atoms with Crippen molar-refractivity contribution in [2.75, 3.05) is 5.32 Å². The van der Waals surface area contributed by atoms with Gasteiger partial charge in [0.15, 0.2) is 0 Å². The molecule has 0 fully saturated rings. The van der Waals surface area contributed by atoms with Crippen molar-refractivity contribution in [2.24, 2.45) is 0 Å². The van der Waals surface area contributed by atoms with Gasteiger partial charge in [-0.1, -0.05) is 0 Å². The molecule has 0 aliphatic rings. The van der Waals surface area contributed by atoms with Crippen LogP contribution in [-0.4, -0.2) is 32.9 Å². The van der Waals surface area contributed by atoms with Crippen molar-refractivity contribution >= 4 is 43.3 Å². The maximum atomic E-state index is 6.19. The molecule has 7 heteroatoms. The summed E-state index contributed by atoms with van der Waals surface area (Å²) in [7, 11) is 0. The van der Waals surface area contributed by atoms with Crippen molar-refractivity contribution in [1.82, 2.24) is 17.9 Å². The molecule has 0 aliphatic heterocycles. The van der Waals surface area contributed by atoms with Crippen LogP contribution in [0, 0.1) is 0 Å². The van der Waals surface area contributed by atoms with E-state index in [1.54, 1.807) is 0 Å². The molecule has 3 rings (SSSR count). The Balaban J connectivity index is 1.72. The first kappa shape index (κ1) is 14.6. The van der Waals surface area contributed by atoms with Crippen LogP contribution in [0.2, 0.25) is 5.15 Å². The molecule has 2 N–H and O–H groups in total. The van der Waals surface area contributed by atoms with E-state index in [9.17, 15) is 0 Å². The number of anilines is 1. The molecular weight excluding hydrogens is 353 g/mol. The number of nitrogens with zero attached hydrogens (tertiary/aromatic N) is 3. The number of hydrogen-bond donors (Lipinski definition) is 2. The number of hydrogen-bond acceptors (Lipinski definition) is 4. The summed E-state index contributed by atoms with van der Waals surface area (Å²) in [5.41, 5.74) is 3.84. The molecule has 2 heterocycles. The molecular formula is C14H16ClN5Se. The van der Waals surface area contributed by atoms with Gasteiger partial charge in [-0.05, 0) is 0 Å². The molecule has 0 unspecified atom stereocenters. The first-order valence-electron chi connectivity index (χ1n) is 6.96. The molecule has 0 radical (unpaired) electrons. The molecule has 0 saturated heterocycles. The number of fused-ring (bicyclic) bond motifs is 1. The van der Waals surface area contributed by atoms with Crippen LogP contribution >= 0.6 is 11.6 Å². The zero-order chi connectivity index (χ0) is 14.7. The summed E-state index contributed by atoms with van der Waals surface area (Å²) in [6.07, 6.45) is 3.20. The van der Waals surface area contributed by atoms with Gasteiger partial charge in [-0.3, -0.25) is 0 Å². The monoisotopic (exact) mass is 369 g/mol. The summed E-state index contributed by atoms with van der Waals surface area (Å²) in [6, 6.07) is 6.00. The van der Waals surface area contributed by atoms with E-state index in [0.29, 0.717) is 11.7 Å². The Labute approximate surface area is 134 Å². The Hall–Kier alpha value is -1.36. The fraction of sp³-hybridized carbons (Fsp3) is 0.357. The first-order valence-corrected chi connectivity index (χ1v) is 8.87. The molecule has 0 saturated carbocycles. The van der Waals surface area contributed by atoms with Gasteiger partial charge in [0.25, 0.3) is 0 Å². The van der Waals surface area contributed by atoms with Crippen molar-refractivity contribution in [3.05, 3.63) is 34.9 Å². The summed E-state index contributed by atoms with van der Waals surface area (Å²) in [6.45, 7) is 2.77. The Morgan fingerprint density at radius 3 is 3.10 bits per heavy atom. The number of benzene rings is 1. The van der Waals surface area contributed by atoms with Gasteiger partial charge in [-0.25, -0.2) is 0 Å². The van der Waals surface area contributed by atoms with Crippen LogP contribution in [0.1, 0.15) is 31.3 Å². The van der Waals surface area contributed by atoms with E-state index in [4.69, 9.17) is 11.6 Å². The van der Waals surface area contributed by atoms with Crippen molar-refractivity contribution in [2.45, 2.75) is 32.7 Å². The number of rotatable bonds is 6. The molecule has 110 valence electrons. The van der Waals surface area contributed by atoms with E-state index in [1.807, 2.05) is 18.2 Å². The summed E-state index contributed by atoms with van der Waals surface area (Å²) in [5.74, 6) is 0.958. The van der Waals surface area contributed by atoms with Crippen LogP contribution in [0.5, 0.6) is 0 Å². The second-order valence-corrected chi connectivity index (χ2v) is 6.31. The number of imidazole rings is 1. The molecule has 3 aromatic rings. The molecule has 1 aromatic carbocycles. The van der Waals surface area contributed by atoms with E-state index in [1.165, 1.54) is 0 Å². The minimum absolute atomic E-state index is 0.0148. The van der Waals surface area contributed by atoms with Crippen LogP contribution in [0.4, 0.5) is 5.69 Å². The molecule has 0 aliphatic carbocycles. The molecule has 21 heavy (non-hydrogen) atoms. The van der Waals surface area contributed by atoms with Gasteiger partial charge in [0.05, 0.1) is 0 Å². The van der Waals surface area contributed by atoms with Crippen molar-refractivity contribution in [1.29, 1.82) is 0 Å². The summed E-state index contributed by atoms with van der Waals surface area (Å²) in [4.78, 5) is 7.66. The number of H-pyrrole nitrogens is 1. The summed E-state index contributed by atoms with van der Waals surface area (Å²) in [5, 5.41) is 3.92. The average molecular weight is 369 g/mol. The third-order valence-electron chi connectivity index (χ3n) is 3.29. The van der Waals surface area contributed by atoms with Crippen LogP contribution in [0.15, 0.2) is 18.2 Å². The molecule has 0 bridgehead atoms. The van der Waals surface area contributed by atoms with Crippen LogP contribution < -0.4 is 5.32 Å². The fourth-order valence-electron chi connectivity index (χ4n) is 2.15. The summed E-state index contributed by atoms with van der Waals surface area (Å²) >= 11 is 6.17. The van der Waals surface area contributed by atoms with E-state index < -0.39 is 0 Å². The fourth-order valence-corrected chi connectivity index (χ4v) is 3.52. The van der Waals surface area contributed by atoms with Crippen molar-refractivity contribution in [3.63, 3.8) is 0 Å². The van der Waals surface area contributed by atoms with Gasteiger partial charge in [0, 0.05) is 0 Å². The zero-order valence-corrected chi connectivity index (χ0v) is 14.2. The predicted octanol–water partition coefficient (Wildman–Crippen LogP) is 3.02. The van der Waals surface area contributed by atoms with E-state index in [2.05, 4.69) is 30.2 Å². The standard InChI is InChI=1S/C14H16ClN5Se/c1-2-3-7-12-17-11(14(15)18-12)8-16-9-5-4-6-10-13(9)20-21-19-10/h4-6,16H,2-3,7-8H2,1H3,(H,17,18). The maximum absolute atomic E-state index is 6.19. The van der Waals surface area contributed by atoms with Crippen LogP contribution in [0.25, 0.3) is 11.0 Å². The molecule has 0 atom stereocenters. The van der Waals surface area contributed by atoms with E-state index >= 15 is 0 Å². The Morgan fingerprint density at radius 1 is 1.33 bits per heavy atom. The minimum atomic E-state index is -0.0148. The summed E-state index contributed by atoms with van der Waals surface area (Å²) < 4.78 is 8.83. The third-order valence-corrected chi connectivity index (χ3v) is 4.74. The number of halogens is 1. The third kappa shape index (κ3) is 3.28. The van der Waals surface area contributed by atoms with Crippen LogP contribution in [0.3, 0.4) is 0 Å². The average Bonchev–Trinajstić information content (AvgIpc) is 3.09. The second-order valence-electron chi connectivity index (χ2n) is 4.85. The number of aromatic nitrogens is 4. The number of nitrogens with one attached hydrogen (secondary N) is 2. The van der Waals surface area contributed by atoms with Gasteiger partial charge in [-0.15, -0.1) is 0 Å². The van der Waals surface area contributed by atoms with E-state index in [-0.39, 0.29) is 15.0 Å². The first-order chi connectivity index (χ1) is 10.3. The van der Waals surface area contributed by atoms with Gasteiger partial charge in [0.1, 0.15) is 0 Å².